The zero-order valence-electron chi connectivity index (χ0n) is 22.3. The molecule has 1 aromatic carbocycles. The van der Waals surface area contributed by atoms with Crippen LogP contribution in [0.1, 0.15) is 64.0 Å². The second kappa shape index (κ2) is 11.4. The number of halogens is 6. The number of carbonyl (C=O) groups excluding carboxylic acids is 4. The molecule has 1 N–H and O–H groups in total. The van der Waals surface area contributed by atoms with Crippen LogP contribution in [0.2, 0.25) is 0 Å². The van der Waals surface area contributed by atoms with Crippen molar-refractivity contribution >= 4 is 30.0 Å². The molecule has 14 heteroatoms. The summed E-state index contributed by atoms with van der Waals surface area (Å²) < 4.78 is 83.2. The number of anilines is 1. The number of benzene rings is 1. The number of likely N-dealkylation sites (tertiary alicyclic amines) is 2. The molecule has 0 radical (unpaired) electrons. The van der Waals surface area contributed by atoms with E-state index >= 15 is 0 Å². The van der Waals surface area contributed by atoms with Gasteiger partial charge >= 0.3 is 24.9 Å². The third kappa shape index (κ3) is 7.32. The number of quaternary nitrogens is 1. The van der Waals surface area contributed by atoms with Gasteiger partial charge in [-0.15, -0.1) is 0 Å². The largest absolute Gasteiger partial charge is 0.524 e. The van der Waals surface area contributed by atoms with Crippen LogP contribution in [0.5, 0.6) is 0 Å². The van der Waals surface area contributed by atoms with E-state index in [9.17, 15) is 45.5 Å². The lowest BCUT2D eigenvalue weighted by molar-refractivity contribution is -0.777. The number of piperidine rings is 1. The van der Waals surface area contributed by atoms with Gasteiger partial charge in [0.15, 0.2) is 6.04 Å². The number of hydrogen-bond donors (Lipinski definition) is 1. The predicted octanol–water partition coefficient (Wildman–Crippen LogP) is 5.36. The van der Waals surface area contributed by atoms with Crippen molar-refractivity contribution < 1.29 is 54.7 Å². The van der Waals surface area contributed by atoms with Gasteiger partial charge in [-0.2, -0.15) is 35.6 Å². The van der Waals surface area contributed by atoms with Gasteiger partial charge < -0.3 is 15.0 Å². The number of hydrogen-bond acceptors (Lipinski definition) is 5. The van der Waals surface area contributed by atoms with Gasteiger partial charge in [-0.3, -0.25) is 9.59 Å². The van der Waals surface area contributed by atoms with E-state index in [0.29, 0.717) is 44.2 Å². The zero-order valence-corrected chi connectivity index (χ0v) is 22.3. The molecule has 8 nitrogen and oxygen atoms in total. The molecule has 2 aliphatic heterocycles. The van der Waals surface area contributed by atoms with Crippen LogP contribution in [0.15, 0.2) is 18.2 Å². The SMILES string of the molecule is CC(C)(C)OC(=O)[N@+]1(C=O)CCCC1C(=O)N1CCC(CC(=O)Nc2cc(C(F)(F)F)cc(C(F)(F)F)c2)CC1. The van der Waals surface area contributed by atoms with E-state index in [0.717, 1.165) is 0 Å². The summed E-state index contributed by atoms with van der Waals surface area (Å²) in [4.78, 5) is 52.2. The Labute approximate surface area is 227 Å². The van der Waals surface area contributed by atoms with Crippen LogP contribution in [-0.2, 0) is 31.5 Å². The maximum absolute atomic E-state index is 13.3. The monoisotopic (exact) mass is 580 g/mol. The molecule has 2 atom stereocenters. The molecule has 2 saturated heterocycles. The quantitative estimate of drug-likeness (QED) is 0.288. The lowest BCUT2D eigenvalue weighted by Crippen LogP contribution is -2.62. The number of amides is 4. The molecule has 0 saturated carbocycles. The smallest absolute Gasteiger partial charge is 0.414 e. The minimum absolute atomic E-state index is 0.0203. The summed E-state index contributed by atoms with van der Waals surface area (Å²) >= 11 is 0. The first kappa shape index (κ1) is 31.4. The highest BCUT2D eigenvalue weighted by molar-refractivity contribution is 5.91. The Morgan fingerprint density at radius 3 is 2.00 bits per heavy atom. The topological polar surface area (TPSA) is 92.8 Å². The van der Waals surface area contributed by atoms with E-state index in [1.54, 1.807) is 20.8 Å². The average molecular weight is 581 g/mol. The highest BCUT2D eigenvalue weighted by atomic mass is 19.4. The Morgan fingerprint density at radius 2 is 1.52 bits per heavy atom. The Balaban J connectivity index is 1.62. The first-order valence-electron chi connectivity index (χ1n) is 12.8. The molecular formula is C26H32F6N3O5+. The molecule has 0 aromatic heterocycles. The first-order valence-corrected chi connectivity index (χ1v) is 12.8. The summed E-state index contributed by atoms with van der Waals surface area (Å²) in [5.41, 5.74) is -4.55. The van der Waals surface area contributed by atoms with Gasteiger partial charge in [0.05, 0.1) is 17.7 Å². The van der Waals surface area contributed by atoms with Crippen molar-refractivity contribution in [1.29, 1.82) is 0 Å². The van der Waals surface area contributed by atoms with Crippen LogP contribution < -0.4 is 5.32 Å². The fraction of sp³-hybridized carbons (Fsp3) is 0.615. The third-order valence-corrected chi connectivity index (χ3v) is 7.04. The number of ether oxygens (including phenoxy) is 1. The van der Waals surface area contributed by atoms with E-state index in [1.807, 2.05) is 0 Å². The Kier molecular flexibility index (Phi) is 8.92. The van der Waals surface area contributed by atoms with Gasteiger partial charge in [0.1, 0.15) is 5.60 Å². The first-order chi connectivity index (χ1) is 18.4. The van der Waals surface area contributed by atoms with E-state index in [4.69, 9.17) is 4.74 Å². The van der Waals surface area contributed by atoms with Crippen molar-refractivity contribution in [1.82, 2.24) is 4.90 Å². The third-order valence-electron chi connectivity index (χ3n) is 7.04. The zero-order chi connectivity index (χ0) is 30.1. The molecule has 0 bridgehead atoms. The van der Waals surface area contributed by atoms with Gasteiger partial charge in [0, 0.05) is 38.0 Å². The van der Waals surface area contributed by atoms with Gasteiger partial charge in [-0.1, -0.05) is 0 Å². The number of nitrogens with zero attached hydrogens (tertiary/aromatic N) is 2. The second-order valence-electron chi connectivity index (χ2n) is 11.2. The molecule has 4 amide bonds. The Hall–Kier alpha value is -3.16. The standard InChI is InChI=1S/C26H31F6N3O5/c1-24(2,3)40-23(39)35(15-36)10-4-5-20(35)22(38)34-8-6-16(7-9-34)11-21(37)33-19-13-17(25(27,28)29)12-18(14-19)26(30,31)32/h12-16,20H,4-11H2,1-3H3/p+1/t20?,35-/m0/s1. The van der Waals surface area contributed by atoms with Gasteiger partial charge in [0.2, 0.25) is 5.91 Å². The van der Waals surface area contributed by atoms with Crippen molar-refractivity contribution in [3.8, 4) is 0 Å². The molecule has 2 fully saturated rings. The van der Waals surface area contributed by atoms with E-state index in [-0.39, 0.29) is 43.9 Å². The van der Waals surface area contributed by atoms with Crippen LogP contribution in [-0.4, -0.2) is 65.0 Å². The molecule has 3 rings (SSSR count). The second-order valence-corrected chi connectivity index (χ2v) is 11.2. The molecule has 2 aliphatic rings. The van der Waals surface area contributed by atoms with Crippen molar-refractivity contribution in [2.75, 3.05) is 25.0 Å². The molecule has 222 valence electrons. The maximum Gasteiger partial charge on any atom is 0.524 e. The molecular weight excluding hydrogens is 548 g/mol. The van der Waals surface area contributed by atoms with Crippen LogP contribution in [0.3, 0.4) is 0 Å². The fourth-order valence-electron chi connectivity index (χ4n) is 5.06. The van der Waals surface area contributed by atoms with Crippen LogP contribution in [0.4, 0.5) is 36.8 Å². The summed E-state index contributed by atoms with van der Waals surface area (Å²) in [5.74, 6) is -1.42. The summed E-state index contributed by atoms with van der Waals surface area (Å²) in [6.45, 7) is 5.52. The highest BCUT2D eigenvalue weighted by Gasteiger charge is 2.56. The number of carbonyl (C=O) groups is 4. The summed E-state index contributed by atoms with van der Waals surface area (Å²) in [5, 5.41) is 2.13. The number of alkyl halides is 6. The molecule has 0 spiro atoms. The lowest BCUT2D eigenvalue weighted by atomic mass is 9.92. The van der Waals surface area contributed by atoms with Crippen LogP contribution in [0, 0.1) is 5.92 Å². The molecule has 0 aliphatic carbocycles. The van der Waals surface area contributed by atoms with Gasteiger partial charge in [-0.25, -0.2) is 4.79 Å². The molecule has 2 heterocycles. The van der Waals surface area contributed by atoms with Crippen molar-refractivity contribution in [3.63, 3.8) is 0 Å². The normalized spacial score (nSPS) is 22.6. The number of imide groups is 1. The number of nitrogens with one attached hydrogen (secondary N) is 1. The fourth-order valence-corrected chi connectivity index (χ4v) is 5.06. The maximum atomic E-state index is 13.3. The Morgan fingerprint density at radius 1 is 0.975 bits per heavy atom. The Bertz CT molecular complexity index is 1110. The molecule has 40 heavy (non-hydrogen) atoms. The van der Waals surface area contributed by atoms with Crippen molar-refractivity contribution in [2.24, 2.45) is 5.92 Å². The summed E-state index contributed by atoms with van der Waals surface area (Å²) in [6.07, 6.45) is -9.13. The molecule has 1 aromatic rings. The highest BCUT2D eigenvalue weighted by Crippen LogP contribution is 2.38. The van der Waals surface area contributed by atoms with Gasteiger partial charge in [-0.05, 0) is 57.7 Å². The minimum Gasteiger partial charge on any atom is -0.414 e. The molecule has 1 unspecified atom stereocenters. The van der Waals surface area contributed by atoms with Crippen LogP contribution in [0.25, 0.3) is 0 Å². The van der Waals surface area contributed by atoms with Crippen molar-refractivity contribution in [2.45, 2.75) is 76.9 Å². The summed E-state index contributed by atoms with van der Waals surface area (Å²) in [6, 6.07) is -0.0692. The summed E-state index contributed by atoms with van der Waals surface area (Å²) in [7, 11) is 0. The predicted molar refractivity (Wildman–Crippen MR) is 129 cm³/mol. The van der Waals surface area contributed by atoms with E-state index in [2.05, 4.69) is 5.32 Å². The minimum atomic E-state index is -5.04. The van der Waals surface area contributed by atoms with Crippen molar-refractivity contribution in [3.05, 3.63) is 29.3 Å². The van der Waals surface area contributed by atoms with Crippen LogP contribution >= 0.6 is 0 Å². The lowest BCUT2D eigenvalue weighted by Gasteiger charge is -2.37. The van der Waals surface area contributed by atoms with E-state index < -0.39 is 57.3 Å². The number of rotatable bonds is 5. The van der Waals surface area contributed by atoms with Gasteiger partial charge in [0.25, 0.3) is 5.91 Å². The average Bonchev–Trinajstić information content (AvgIpc) is 3.27. The van der Waals surface area contributed by atoms with E-state index in [1.165, 1.54) is 4.90 Å².